The van der Waals surface area contributed by atoms with Gasteiger partial charge in [-0.3, -0.25) is 0 Å². The van der Waals surface area contributed by atoms with Gasteiger partial charge in [-0.05, 0) is 44.5 Å². The van der Waals surface area contributed by atoms with E-state index in [0.717, 1.165) is 17.8 Å². The van der Waals surface area contributed by atoms with Crippen molar-refractivity contribution in [2.45, 2.75) is 39.0 Å². The molecule has 0 aromatic heterocycles. The lowest BCUT2D eigenvalue weighted by atomic mass is 10.0. The molecule has 2 unspecified atom stereocenters. The third kappa shape index (κ3) is 2.65. The van der Waals surface area contributed by atoms with E-state index in [1.165, 1.54) is 12.1 Å². The van der Waals surface area contributed by atoms with Crippen LogP contribution in [0.2, 0.25) is 0 Å². The van der Waals surface area contributed by atoms with Crippen molar-refractivity contribution >= 4 is 5.69 Å². The van der Waals surface area contributed by atoms with Crippen LogP contribution >= 0.6 is 0 Å². The zero-order valence-electron chi connectivity index (χ0n) is 11.2. The molecule has 0 bridgehead atoms. The average molecular weight is 252 g/mol. The molecule has 1 aliphatic heterocycles. The Kier molecular flexibility index (Phi) is 3.88. The summed E-state index contributed by atoms with van der Waals surface area (Å²) < 4.78 is 19.0. The number of benzene rings is 1. The minimum absolute atomic E-state index is 0.180. The van der Waals surface area contributed by atoms with Crippen LogP contribution in [0.25, 0.3) is 0 Å². The number of hydrogen-bond donors (Lipinski definition) is 1. The van der Waals surface area contributed by atoms with E-state index >= 15 is 0 Å². The summed E-state index contributed by atoms with van der Waals surface area (Å²) in [5.41, 5.74) is 7.83. The second-order valence-electron chi connectivity index (χ2n) is 5.14. The second kappa shape index (κ2) is 5.24. The highest BCUT2D eigenvalue weighted by Crippen LogP contribution is 2.29. The Bertz CT molecular complexity index is 422. The summed E-state index contributed by atoms with van der Waals surface area (Å²) in [7, 11) is 0. The van der Waals surface area contributed by atoms with E-state index in [2.05, 4.69) is 11.8 Å². The van der Waals surface area contributed by atoms with Crippen molar-refractivity contribution in [2.24, 2.45) is 5.73 Å². The van der Waals surface area contributed by atoms with Gasteiger partial charge in [-0.25, -0.2) is 4.39 Å². The Hall–Kier alpha value is -1.13. The van der Waals surface area contributed by atoms with E-state index in [0.29, 0.717) is 6.61 Å². The number of nitrogens with two attached hydrogens (primary N) is 1. The number of hydrogen-bond acceptors (Lipinski definition) is 3. The summed E-state index contributed by atoms with van der Waals surface area (Å²) in [6.07, 6.45) is 0.187. The summed E-state index contributed by atoms with van der Waals surface area (Å²) in [5.74, 6) is -0.236. The first-order valence-corrected chi connectivity index (χ1v) is 6.42. The summed E-state index contributed by atoms with van der Waals surface area (Å²) >= 11 is 0. The summed E-state index contributed by atoms with van der Waals surface area (Å²) in [5, 5.41) is 0. The molecule has 2 N–H and O–H groups in total. The van der Waals surface area contributed by atoms with Crippen molar-refractivity contribution < 1.29 is 9.13 Å². The molecule has 4 heteroatoms. The zero-order valence-corrected chi connectivity index (χ0v) is 11.2. The van der Waals surface area contributed by atoms with Crippen LogP contribution in [0.5, 0.6) is 0 Å². The van der Waals surface area contributed by atoms with Gasteiger partial charge < -0.3 is 15.4 Å². The first kappa shape index (κ1) is 13.3. The maximum Gasteiger partial charge on any atom is 0.123 e. The Morgan fingerprint density at radius 1 is 1.44 bits per heavy atom. The molecule has 100 valence electrons. The van der Waals surface area contributed by atoms with Crippen LogP contribution < -0.4 is 10.6 Å². The Balaban J connectivity index is 2.36. The van der Waals surface area contributed by atoms with Crippen molar-refractivity contribution in [3.63, 3.8) is 0 Å². The maximum absolute atomic E-state index is 13.3. The van der Waals surface area contributed by atoms with Crippen LogP contribution in [-0.2, 0) is 4.74 Å². The Labute approximate surface area is 108 Å². The van der Waals surface area contributed by atoms with Crippen molar-refractivity contribution in [1.29, 1.82) is 0 Å². The third-order valence-electron chi connectivity index (χ3n) is 3.40. The number of rotatable bonds is 2. The molecule has 18 heavy (non-hydrogen) atoms. The molecular weight excluding hydrogens is 231 g/mol. The fourth-order valence-corrected chi connectivity index (χ4v) is 2.39. The molecule has 0 amide bonds. The van der Waals surface area contributed by atoms with Gasteiger partial charge in [0.25, 0.3) is 0 Å². The van der Waals surface area contributed by atoms with E-state index in [1.54, 1.807) is 0 Å². The molecule has 0 radical (unpaired) electrons. The molecule has 0 saturated carbocycles. The largest absolute Gasteiger partial charge is 0.375 e. The minimum atomic E-state index is -0.236. The topological polar surface area (TPSA) is 38.5 Å². The number of morpholine rings is 1. The van der Waals surface area contributed by atoms with Crippen LogP contribution in [0, 0.1) is 5.82 Å². The molecule has 1 fully saturated rings. The maximum atomic E-state index is 13.3. The first-order valence-electron chi connectivity index (χ1n) is 6.42. The van der Waals surface area contributed by atoms with Gasteiger partial charge in [0.2, 0.25) is 0 Å². The minimum Gasteiger partial charge on any atom is -0.375 e. The predicted octanol–water partition coefficient (Wildman–Crippen LogP) is 2.46. The van der Waals surface area contributed by atoms with E-state index in [1.807, 2.05) is 19.9 Å². The van der Waals surface area contributed by atoms with Crippen LogP contribution in [0.15, 0.2) is 18.2 Å². The van der Waals surface area contributed by atoms with Crippen LogP contribution in [-0.4, -0.2) is 25.3 Å². The van der Waals surface area contributed by atoms with Crippen LogP contribution in [0.4, 0.5) is 10.1 Å². The van der Waals surface area contributed by atoms with Gasteiger partial charge in [-0.15, -0.1) is 0 Å². The van der Waals surface area contributed by atoms with Gasteiger partial charge in [0, 0.05) is 24.3 Å². The molecule has 1 heterocycles. The highest BCUT2D eigenvalue weighted by Gasteiger charge is 2.26. The van der Waals surface area contributed by atoms with E-state index in [-0.39, 0.29) is 24.0 Å². The summed E-state index contributed by atoms with van der Waals surface area (Å²) in [6.45, 7) is 7.55. The Morgan fingerprint density at radius 2 is 2.17 bits per heavy atom. The number of halogens is 1. The quantitative estimate of drug-likeness (QED) is 0.878. The lowest BCUT2D eigenvalue weighted by Gasteiger charge is -2.40. The molecule has 0 aliphatic carbocycles. The molecule has 2 rings (SSSR count). The fourth-order valence-electron chi connectivity index (χ4n) is 2.39. The highest BCUT2D eigenvalue weighted by molar-refractivity contribution is 5.56. The van der Waals surface area contributed by atoms with E-state index in [4.69, 9.17) is 10.5 Å². The lowest BCUT2D eigenvalue weighted by Crippen LogP contribution is -2.48. The third-order valence-corrected chi connectivity index (χ3v) is 3.40. The summed E-state index contributed by atoms with van der Waals surface area (Å²) in [4.78, 5) is 2.26. The molecule has 1 saturated heterocycles. The molecule has 1 aromatic carbocycles. The highest BCUT2D eigenvalue weighted by atomic mass is 19.1. The fraction of sp³-hybridized carbons (Fsp3) is 0.571. The monoisotopic (exact) mass is 252 g/mol. The zero-order chi connectivity index (χ0) is 13.3. The number of ether oxygens (including phenoxy) is 1. The molecule has 1 aliphatic rings. The van der Waals surface area contributed by atoms with Gasteiger partial charge in [-0.1, -0.05) is 0 Å². The van der Waals surface area contributed by atoms with Crippen molar-refractivity contribution in [1.82, 2.24) is 0 Å². The van der Waals surface area contributed by atoms with Gasteiger partial charge >= 0.3 is 0 Å². The smallest absolute Gasteiger partial charge is 0.123 e. The van der Waals surface area contributed by atoms with E-state index < -0.39 is 0 Å². The predicted molar refractivity (Wildman–Crippen MR) is 71.2 cm³/mol. The second-order valence-corrected chi connectivity index (χ2v) is 5.14. The van der Waals surface area contributed by atoms with Gasteiger partial charge in [0.15, 0.2) is 0 Å². The molecule has 3 nitrogen and oxygen atoms in total. The molecule has 3 atom stereocenters. The normalized spacial score (nSPS) is 26.2. The lowest BCUT2D eigenvalue weighted by molar-refractivity contribution is 0.0343. The van der Waals surface area contributed by atoms with E-state index in [9.17, 15) is 4.39 Å². The first-order chi connectivity index (χ1) is 8.49. The number of anilines is 1. The molecular formula is C14H21FN2O. The SMILES string of the molecule is CC1CN(c2ccc(F)cc2[C@@H](C)N)C(C)CO1. The van der Waals surface area contributed by atoms with Gasteiger partial charge in [0.1, 0.15) is 5.82 Å². The molecule has 0 spiro atoms. The van der Waals surface area contributed by atoms with Gasteiger partial charge in [-0.2, -0.15) is 0 Å². The molecule has 1 aromatic rings. The number of nitrogens with zero attached hydrogens (tertiary/aromatic N) is 1. The average Bonchev–Trinajstić information content (AvgIpc) is 2.32. The Morgan fingerprint density at radius 3 is 2.83 bits per heavy atom. The van der Waals surface area contributed by atoms with Crippen LogP contribution in [0.3, 0.4) is 0 Å². The van der Waals surface area contributed by atoms with Crippen molar-refractivity contribution in [3.8, 4) is 0 Å². The summed E-state index contributed by atoms with van der Waals surface area (Å²) in [6, 6.07) is 4.95. The van der Waals surface area contributed by atoms with Crippen molar-refractivity contribution in [3.05, 3.63) is 29.6 Å². The van der Waals surface area contributed by atoms with Crippen LogP contribution in [0.1, 0.15) is 32.4 Å². The standard InChI is InChI=1S/C14H21FN2O/c1-9-8-18-10(2)7-17(9)14-5-4-12(15)6-13(14)11(3)16/h4-6,9-11H,7-8,16H2,1-3H3/t9?,10?,11-/m1/s1. The van der Waals surface area contributed by atoms with Gasteiger partial charge in [0.05, 0.1) is 12.7 Å². The van der Waals surface area contributed by atoms with Crippen molar-refractivity contribution in [2.75, 3.05) is 18.1 Å².